The van der Waals surface area contributed by atoms with Crippen LogP contribution in [0.4, 0.5) is 0 Å². The van der Waals surface area contributed by atoms with Gasteiger partial charge in [-0.1, -0.05) is 24.3 Å². The lowest BCUT2D eigenvalue weighted by atomic mass is 10.3. The van der Waals surface area contributed by atoms with Gasteiger partial charge in [-0.3, -0.25) is 9.59 Å². The van der Waals surface area contributed by atoms with E-state index in [9.17, 15) is 9.59 Å². The van der Waals surface area contributed by atoms with Gasteiger partial charge >= 0.3 is 0 Å². The van der Waals surface area contributed by atoms with Gasteiger partial charge in [-0.25, -0.2) is 0 Å². The molecule has 4 heteroatoms. The molecule has 0 bridgehead atoms. The third kappa shape index (κ3) is 6.68. The van der Waals surface area contributed by atoms with Crippen molar-refractivity contribution in [1.82, 2.24) is 9.80 Å². The van der Waals surface area contributed by atoms with Crippen LogP contribution in [0.2, 0.25) is 0 Å². The average molecular weight is 250 g/mol. The van der Waals surface area contributed by atoms with Crippen molar-refractivity contribution in [3.05, 3.63) is 37.5 Å². The molecular weight excluding hydrogens is 228 g/mol. The van der Waals surface area contributed by atoms with Gasteiger partial charge < -0.3 is 9.80 Å². The molecule has 0 fully saturated rings. The van der Waals surface area contributed by atoms with Crippen LogP contribution >= 0.6 is 0 Å². The number of carbonyl (C=O) groups is 2. The lowest BCUT2D eigenvalue weighted by Gasteiger charge is -2.18. The molecule has 0 aromatic rings. The van der Waals surface area contributed by atoms with Crippen LogP contribution in [0, 0.1) is 0 Å². The zero-order valence-corrected chi connectivity index (χ0v) is 11.3. The lowest BCUT2D eigenvalue weighted by Crippen LogP contribution is -2.30. The summed E-state index contributed by atoms with van der Waals surface area (Å²) in [5.74, 6) is 0.0168. The van der Waals surface area contributed by atoms with Gasteiger partial charge in [0.25, 0.3) is 0 Å². The molecule has 100 valence electrons. The molecule has 0 spiro atoms. The Kier molecular flexibility index (Phi) is 8.27. The molecule has 4 nitrogen and oxygen atoms in total. The maximum atomic E-state index is 11.2. The molecule has 0 radical (unpaired) electrons. The first-order valence-electron chi connectivity index (χ1n) is 5.90. The standard InChI is InChI=1S/C14H22N2O2/c1-5-9-15(13(3)17)11-7-8-12-16(10-6-2)14(4)18/h5-8H,1-2,9-12H2,3-4H3/b8-7+. The minimum atomic E-state index is 0.00839. The summed E-state index contributed by atoms with van der Waals surface area (Å²) in [7, 11) is 0. The molecule has 0 rings (SSSR count). The zero-order chi connectivity index (χ0) is 14.0. The third-order valence-electron chi connectivity index (χ3n) is 2.41. The summed E-state index contributed by atoms with van der Waals surface area (Å²) in [6.45, 7) is 12.4. The summed E-state index contributed by atoms with van der Waals surface area (Å²) in [6, 6.07) is 0. The Balaban J connectivity index is 4.21. The molecule has 18 heavy (non-hydrogen) atoms. The summed E-state index contributed by atoms with van der Waals surface area (Å²) in [5.41, 5.74) is 0. The molecule has 0 atom stereocenters. The van der Waals surface area contributed by atoms with Crippen molar-refractivity contribution in [2.75, 3.05) is 26.2 Å². The van der Waals surface area contributed by atoms with Crippen molar-refractivity contribution in [2.45, 2.75) is 13.8 Å². The van der Waals surface area contributed by atoms with Crippen LogP contribution in [0.5, 0.6) is 0 Å². The van der Waals surface area contributed by atoms with Crippen LogP contribution in [0.3, 0.4) is 0 Å². The molecule has 0 aromatic carbocycles. The van der Waals surface area contributed by atoms with E-state index in [0.29, 0.717) is 26.2 Å². The van der Waals surface area contributed by atoms with Crippen molar-refractivity contribution >= 4 is 11.8 Å². The van der Waals surface area contributed by atoms with E-state index < -0.39 is 0 Å². The van der Waals surface area contributed by atoms with Crippen LogP contribution in [-0.4, -0.2) is 47.8 Å². The lowest BCUT2D eigenvalue weighted by molar-refractivity contribution is -0.128. The highest BCUT2D eigenvalue weighted by atomic mass is 16.2. The average Bonchev–Trinajstić information content (AvgIpc) is 2.30. The first kappa shape index (κ1) is 16.2. The van der Waals surface area contributed by atoms with Crippen LogP contribution in [0.15, 0.2) is 37.5 Å². The van der Waals surface area contributed by atoms with Gasteiger partial charge in [-0.2, -0.15) is 0 Å². The van der Waals surface area contributed by atoms with Gasteiger partial charge in [0.15, 0.2) is 0 Å². The highest BCUT2D eigenvalue weighted by Crippen LogP contribution is 1.94. The van der Waals surface area contributed by atoms with E-state index >= 15 is 0 Å². The molecule has 2 amide bonds. The molecule has 0 unspecified atom stereocenters. The van der Waals surface area contributed by atoms with Gasteiger partial charge in [-0.05, 0) is 0 Å². The Bertz CT molecular complexity index is 303. The van der Waals surface area contributed by atoms with E-state index in [-0.39, 0.29) is 11.8 Å². The number of nitrogens with zero attached hydrogens (tertiary/aromatic N) is 2. The quantitative estimate of drug-likeness (QED) is 0.614. The Morgan fingerprint density at radius 3 is 1.39 bits per heavy atom. The zero-order valence-electron chi connectivity index (χ0n) is 11.3. The van der Waals surface area contributed by atoms with Crippen LogP contribution in [-0.2, 0) is 9.59 Å². The monoisotopic (exact) mass is 250 g/mol. The fourth-order valence-corrected chi connectivity index (χ4v) is 1.38. The van der Waals surface area contributed by atoms with Gasteiger partial charge in [0.2, 0.25) is 11.8 Å². The van der Waals surface area contributed by atoms with Crippen molar-refractivity contribution in [3.8, 4) is 0 Å². The van der Waals surface area contributed by atoms with Gasteiger partial charge in [-0.15, -0.1) is 13.2 Å². The molecule has 0 aliphatic rings. The SMILES string of the molecule is C=CCN(C/C=C/CN(CC=C)C(C)=O)C(C)=O. The molecule has 0 saturated heterocycles. The van der Waals surface area contributed by atoms with E-state index in [0.717, 1.165) is 0 Å². The van der Waals surface area contributed by atoms with Gasteiger partial charge in [0.05, 0.1) is 0 Å². The summed E-state index contributed by atoms with van der Waals surface area (Å²) >= 11 is 0. The number of carbonyl (C=O) groups excluding carboxylic acids is 2. The maximum absolute atomic E-state index is 11.2. The van der Waals surface area contributed by atoms with Crippen LogP contribution in [0.25, 0.3) is 0 Å². The second kappa shape index (κ2) is 9.22. The van der Waals surface area contributed by atoms with Gasteiger partial charge in [0, 0.05) is 40.0 Å². The normalized spacial score (nSPS) is 10.1. The van der Waals surface area contributed by atoms with E-state index in [4.69, 9.17) is 0 Å². The Morgan fingerprint density at radius 1 is 0.833 bits per heavy atom. The van der Waals surface area contributed by atoms with Gasteiger partial charge in [0.1, 0.15) is 0 Å². The predicted molar refractivity (Wildman–Crippen MR) is 74.0 cm³/mol. The summed E-state index contributed by atoms with van der Waals surface area (Å²) in [5, 5.41) is 0. The Hall–Kier alpha value is -1.84. The number of rotatable bonds is 8. The van der Waals surface area contributed by atoms with E-state index in [2.05, 4.69) is 13.2 Å². The number of hydrogen-bond acceptors (Lipinski definition) is 2. The highest BCUT2D eigenvalue weighted by Gasteiger charge is 2.05. The summed E-state index contributed by atoms with van der Waals surface area (Å²) in [4.78, 5) is 25.8. The van der Waals surface area contributed by atoms with E-state index in [1.165, 1.54) is 13.8 Å². The van der Waals surface area contributed by atoms with E-state index in [1.807, 2.05) is 12.2 Å². The first-order chi connectivity index (χ1) is 8.52. The largest absolute Gasteiger partial charge is 0.336 e. The fourth-order valence-electron chi connectivity index (χ4n) is 1.38. The fraction of sp³-hybridized carbons (Fsp3) is 0.429. The molecule has 0 aliphatic carbocycles. The van der Waals surface area contributed by atoms with Crippen molar-refractivity contribution in [1.29, 1.82) is 0 Å². The summed E-state index contributed by atoms with van der Waals surface area (Å²) < 4.78 is 0. The molecule has 0 aromatic heterocycles. The maximum Gasteiger partial charge on any atom is 0.220 e. The summed E-state index contributed by atoms with van der Waals surface area (Å²) in [6.07, 6.45) is 7.14. The Labute approximate surface area is 109 Å². The van der Waals surface area contributed by atoms with Crippen LogP contribution < -0.4 is 0 Å². The molecule has 0 N–H and O–H groups in total. The molecular formula is C14H22N2O2. The van der Waals surface area contributed by atoms with Crippen molar-refractivity contribution < 1.29 is 9.59 Å². The predicted octanol–water partition coefficient (Wildman–Crippen LogP) is 1.61. The second-order valence-corrected chi connectivity index (χ2v) is 3.90. The minimum Gasteiger partial charge on any atom is -0.336 e. The van der Waals surface area contributed by atoms with Crippen molar-refractivity contribution in [2.24, 2.45) is 0 Å². The van der Waals surface area contributed by atoms with Crippen LogP contribution in [0.1, 0.15) is 13.8 Å². The first-order valence-corrected chi connectivity index (χ1v) is 5.90. The number of hydrogen-bond donors (Lipinski definition) is 0. The van der Waals surface area contributed by atoms with Crippen molar-refractivity contribution in [3.63, 3.8) is 0 Å². The smallest absolute Gasteiger partial charge is 0.220 e. The topological polar surface area (TPSA) is 40.6 Å². The minimum absolute atomic E-state index is 0.00839. The molecule has 0 aliphatic heterocycles. The second-order valence-electron chi connectivity index (χ2n) is 3.90. The molecule has 0 heterocycles. The van der Waals surface area contributed by atoms with E-state index in [1.54, 1.807) is 22.0 Å². The number of amides is 2. The highest BCUT2D eigenvalue weighted by molar-refractivity contribution is 5.74. The Morgan fingerprint density at radius 2 is 1.17 bits per heavy atom. The molecule has 0 saturated carbocycles. The third-order valence-corrected chi connectivity index (χ3v) is 2.41.